The summed E-state index contributed by atoms with van der Waals surface area (Å²) in [5.41, 5.74) is 2.29. The van der Waals surface area contributed by atoms with Crippen LogP contribution < -0.4 is 10.9 Å². The Bertz CT molecular complexity index is 1340. The van der Waals surface area contributed by atoms with E-state index in [0.29, 0.717) is 32.8 Å². The minimum absolute atomic E-state index is 0.235. The number of nitrogens with zero attached hydrogens (tertiary/aromatic N) is 3. The Morgan fingerprint density at radius 1 is 1.18 bits per heavy atom. The third kappa shape index (κ3) is 5.05. The summed E-state index contributed by atoms with van der Waals surface area (Å²) in [6.45, 7) is 4.94. The summed E-state index contributed by atoms with van der Waals surface area (Å²) in [6, 6.07) is 9.65. The first-order chi connectivity index (χ1) is 16.4. The number of hydrogen-bond donors (Lipinski definition) is 1. The van der Waals surface area contributed by atoms with Crippen molar-refractivity contribution >= 4 is 51.7 Å². The number of halogens is 1. The number of unbranched alkanes of at least 4 members (excludes halogenated alkanes) is 2. The number of benzene rings is 1. The van der Waals surface area contributed by atoms with E-state index in [0.717, 1.165) is 42.2 Å². The molecule has 6 nitrogen and oxygen atoms in total. The van der Waals surface area contributed by atoms with Crippen LogP contribution in [0.4, 0.5) is 10.2 Å². The maximum Gasteiger partial charge on any atom is 0.267 e. The van der Waals surface area contributed by atoms with Gasteiger partial charge in [-0.15, -0.1) is 0 Å². The zero-order chi connectivity index (χ0) is 24.2. The van der Waals surface area contributed by atoms with E-state index in [-0.39, 0.29) is 23.8 Å². The van der Waals surface area contributed by atoms with Crippen LogP contribution >= 0.6 is 24.0 Å². The van der Waals surface area contributed by atoms with E-state index >= 15 is 0 Å². The fraction of sp³-hybridized carbons (Fsp3) is 0.280. The van der Waals surface area contributed by atoms with Crippen LogP contribution in [0, 0.1) is 12.7 Å². The molecule has 176 valence electrons. The number of fused-ring (bicyclic) bond motifs is 1. The van der Waals surface area contributed by atoms with Crippen LogP contribution in [0.25, 0.3) is 11.7 Å². The highest BCUT2D eigenvalue weighted by atomic mass is 32.2. The minimum atomic E-state index is -0.340. The number of thioether (sulfide) groups is 1. The highest BCUT2D eigenvalue weighted by Gasteiger charge is 2.32. The largest absolute Gasteiger partial charge is 0.369 e. The van der Waals surface area contributed by atoms with Crippen molar-refractivity contribution in [3.05, 3.63) is 80.4 Å². The van der Waals surface area contributed by atoms with Crippen molar-refractivity contribution in [1.82, 2.24) is 14.3 Å². The molecule has 0 bridgehead atoms. The lowest BCUT2D eigenvalue weighted by atomic mass is 10.2. The van der Waals surface area contributed by atoms with Crippen LogP contribution in [0.15, 0.2) is 52.3 Å². The van der Waals surface area contributed by atoms with E-state index in [9.17, 15) is 14.0 Å². The lowest BCUT2D eigenvalue weighted by Crippen LogP contribution is -2.27. The Morgan fingerprint density at radius 3 is 2.68 bits per heavy atom. The molecule has 34 heavy (non-hydrogen) atoms. The molecule has 0 atom stereocenters. The number of aromatic nitrogens is 2. The van der Waals surface area contributed by atoms with Gasteiger partial charge in [0.2, 0.25) is 0 Å². The van der Waals surface area contributed by atoms with Crippen LogP contribution in [0.2, 0.25) is 0 Å². The van der Waals surface area contributed by atoms with Gasteiger partial charge in [0.25, 0.3) is 11.5 Å². The molecule has 3 heterocycles. The summed E-state index contributed by atoms with van der Waals surface area (Å²) in [5.74, 6) is -0.170. The Morgan fingerprint density at radius 2 is 1.94 bits per heavy atom. The zero-order valence-corrected chi connectivity index (χ0v) is 20.6. The second kappa shape index (κ2) is 10.5. The number of hydrogen-bond acceptors (Lipinski definition) is 6. The molecule has 0 saturated carbocycles. The van der Waals surface area contributed by atoms with Gasteiger partial charge in [-0.1, -0.05) is 61.9 Å². The molecule has 0 spiro atoms. The van der Waals surface area contributed by atoms with Gasteiger partial charge < -0.3 is 5.32 Å². The number of amides is 1. The molecule has 4 rings (SSSR count). The number of anilines is 1. The van der Waals surface area contributed by atoms with Gasteiger partial charge in [-0.3, -0.25) is 18.9 Å². The lowest BCUT2D eigenvalue weighted by molar-refractivity contribution is -0.122. The molecule has 0 radical (unpaired) electrons. The predicted octanol–water partition coefficient (Wildman–Crippen LogP) is 5.15. The van der Waals surface area contributed by atoms with E-state index in [1.165, 1.54) is 21.4 Å². The minimum Gasteiger partial charge on any atom is -0.369 e. The standard InChI is InChI=1S/C25H25FN4O2S2/c1-3-4-5-12-27-21-19(23(31)29-13-6-7-16(2)22(29)28-21)14-20-24(32)30(25(33)34-20)15-17-8-10-18(26)11-9-17/h6-11,13-14,27H,3-5,12,15H2,1-2H3/b20-14+. The van der Waals surface area contributed by atoms with Crippen LogP contribution in [-0.4, -0.2) is 31.1 Å². The van der Waals surface area contributed by atoms with Crippen molar-refractivity contribution in [2.24, 2.45) is 0 Å². The van der Waals surface area contributed by atoms with Gasteiger partial charge in [0, 0.05) is 12.7 Å². The summed E-state index contributed by atoms with van der Waals surface area (Å²) < 4.78 is 15.1. The third-order valence-corrected chi connectivity index (χ3v) is 6.94. The number of carbonyl (C=O) groups excluding carboxylic acids is 1. The van der Waals surface area contributed by atoms with E-state index in [1.54, 1.807) is 30.5 Å². The van der Waals surface area contributed by atoms with Crippen molar-refractivity contribution in [2.45, 2.75) is 39.7 Å². The number of carbonyl (C=O) groups is 1. The van der Waals surface area contributed by atoms with Gasteiger partial charge in [-0.05, 0) is 48.7 Å². The molecule has 0 unspecified atom stereocenters. The summed E-state index contributed by atoms with van der Waals surface area (Å²) in [4.78, 5) is 33.1. The van der Waals surface area contributed by atoms with Crippen LogP contribution in [-0.2, 0) is 11.3 Å². The van der Waals surface area contributed by atoms with E-state index in [4.69, 9.17) is 17.2 Å². The first-order valence-electron chi connectivity index (χ1n) is 11.1. The molecule has 1 aromatic carbocycles. The second-order valence-corrected chi connectivity index (χ2v) is 9.77. The van der Waals surface area contributed by atoms with Crippen LogP contribution in [0.3, 0.4) is 0 Å². The molecular formula is C25H25FN4O2S2. The summed E-state index contributed by atoms with van der Waals surface area (Å²) in [6.07, 6.45) is 6.35. The molecule has 1 saturated heterocycles. The Kier molecular flexibility index (Phi) is 7.43. The molecule has 0 aliphatic carbocycles. The van der Waals surface area contributed by atoms with Gasteiger partial charge in [-0.25, -0.2) is 9.37 Å². The second-order valence-electron chi connectivity index (χ2n) is 8.09. The van der Waals surface area contributed by atoms with Gasteiger partial charge in [0.15, 0.2) is 0 Å². The normalized spacial score (nSPS) is 15.0. The lowest BCUT2D eigenvalue weighted by Gasteiger charge is -2.14. The predicted molar refractivity (Wildman–Crippen MR) is 139 cm³/mol. The highest BCUT2D eigenvalue weighted by molar-refractivity contribution is 8.26. The summed E-state index contributed by atoms with van der Waals surface area (Å²) in [7, 11) is 0. The van der Waals surface area contributed by atoms with Crippen molar-refractivity contribution in [1.29, 1.82) is 0 Å². The molecule has 1 aliphatic heterocycles. The maximum atomic E-state index is 13.4. The number of thiocarbonyl (C=S) groups is 1. The number of rotatable bonds is 8. The Hall–Kier alpha value is -3.04. The number of aryl methyl sites for hydroxylation is 1. The van der Waals surface area contributed by atoms with Crippen molar-refractivity contribution in [3.8, 4) is 0 Å². The molecule has 1 aliphatic rings. The topological polar surface area (TPSA) is 66.7 Å². The quantitative estimate of drug-likeness (QED) is 0.264. The fourth-order valence-electron chi connectivity index (χ4n) is 3.70. The Balaban J connectivity index is 1.70. The van der Waals surface area contributed by atoms with Gasteiger partial charge in [0.05, 0.1) is 17.0 Å². The smallest absolute Gasteiger partial charge is 0.267 e. The molecule has 9 heteroatoms. The van der Waals surface area contributed by atoms with E-state index in [1.807, 2.05) is 13.0 Å². The maximum absolute atomic E-state index is 13.4. The van der Waals surface area contributed by atoms with Crippen molar-refractivity contribution in [3.63, 3.8) is 0 Å². The first kappa shape index (κ1) is 24.1. The van der Waals surface area contributed by atoms with Crippen molar-refractivity contribution in [2.75, 3.05) is 11.9 Å². The van der Waals surface area contributed by atoms with E-state index in [2.05, 4.69) is 12.2 Å². The SMILES string of the molecule is CCCCCNc1nc2c(C)cccn2c(=O)c1/C=C1/SC(=S)N(Cc2ccc(F)cc2)C1=O. The van der Waals surface area contributed by atoms with Gasteiger partial charge in [-0.2, -0.15) is 0 Å². The third-order valence-electron chi connectivity index (χ3n) is 5.56. The Labute approximate surface area is 206 Å². The van der Waals surface area contributed by atoms with E-state index < -0.39 is 0 Å². The molecule has 2 aromatic heterocycles. The summed E-state index contributed by atoms with van der Waals surface area (Å²) in [5, 5.41) is 3.29. The molecule has 1 amide bonds. The number of pyridine rings is 1. The van der Waals surface area contributed by atoms with Crippen LogP contribution in [0.5, 0.6) is 0 Å². The molecule has 3 aromatic rings. The average Bonchev–Trinajstić information content (AvgIpc) is 3.08. The van der Waals surface area contributed by atoms with Crippen LogP contribution in [0.1, 0.15) is 42.9 Å². The molecular weight excluding hydrogens is 471 g/mol. The average molecular weight is 497 g/mol. The number of nitrogens with one attached hydrogen (secondary N) is 1. The highest BCUT2D eigenvalue weighted by Crippen LogP contribution is 2.34. The molecule has 1 fully saturated rings. The fourth-order valence-corrected chi connectivity index (χ4v) is 4.93. The summed E-state index contributed by atoms with van der Waals surface area (Å²) >= 11 is 6.58. The zero-order valence-electron chi connectivity index (χ0n) is 19.0. The van der Waals surface area contributed by atoms with Gasteiger partial charge in [0.1, 0.15) is 21.6 Å². The first-order valence-corrected chi connectivity index (χ1v) is 12.4. The van der Waals surface area contributed by atoms with Gasteiger partial charge >= 0.3 is 0 Å². The van der Waals surface area contributed by atoms with Crippen molar-refractivity contribution < 1.29 is 9.18 Å². The monoisotopic (exact) mass is 496 g/mol. The molecule has 1 N–H and O–H groups in total.